The Kier molecular flexibility index (Phi) is 2.67. The second kappa shape index (κ2) is 4.22. The van der Waals surface area contributed by atoms with Crippen molar-refractivity contribution in [2.45, 2.75) is 19.3 Å². The van der Waals surface area contributed by atoms with Gasteiger partial charge in [0.25, 0.3) is 0 Å². The lowest BCUT2D eigenvalue weighted by Gasteiger charge is -2.19. The molecule has 2 bridgehead atoms. The van der Waals surface area contributed by atoms with E-state index in [2.05, 4.69) is 0 Å². The van der Waals surface area contributed by atoms with Gasteiger partial charge in [-0.05, 0) is 49.3 Å². The van der Waals surface area contributed by atoms with Crippen molar-refractivity contribution in [3.05, 3.63) is 28.2 Å². The summed E-state index contributed by atoms with van der Waals surface area (Å²) in [5.74, 6) is 0.392. The average Bonchev–Trinajstić information content (AvgIpc) is 3.06. The van der Waals surface area contributed by atoms with Crippen molar-refractivity contribution in [2.24, 2.45) is 23.7 Å². The predicted octanol–water partition coefficient (Wildman–Crippen LogP) is 3.53. The summed E-state index contributed by atoms with van der Waals surface area (Å²) in [7, 11) is 0. The van der Waals surface area contributed by atoms with E-state index < -0.39 is 0 Å². The molecular formula is C15H13Cl2NO2. The van der Waals surface area contributed by atoms with Crippen molar-refractivity contribution in [2.75, 3.05) is 4.90 Å². The molecule has 3 fully saturated rings. The first-order valence-corrected chi connectivity index (χ1v) is 7.66. The van der Waals surface area contributed by atoms with Gasteiger partial charge >= 0.3 is 0 Å². The van der Waals surface area contributed by atoms with Gasteiger partial charge in [-0.3, -0.25) is 9.59 Å². The smallest absolute Gasteiger partial charge is 0.238 e. The van der Waals surface area contributed by atoms with Crippen LogP contribution in [-0.4, -0.2) is 11.8 Å². The van der Waals surface area contributed by atoms with E-state index in [4.69, 9.17) is 23.2 Å². The lowest BCUT2D eigenvalue weighted by Crippen LogP contribution is -2.32. The molecule has 1 heterocycles. The maximum atomic E-state index is 12.6. The molecule has 20 heavy (non-hydrogen) atoms. The third-order valence-electron chi connectivity index (χ3n) is 5.08. The highest BCUT2D eigenvalue weighted by Gasteiger charge is 2.61. The quantitative estimate of drug-likeness (QED) is 0.744. The number of carbonyl (C=O) groups excluding carboxylic acids is 2. The number of hydrogen-bond acceptors (Lipinski definition) is 2. The molecular weight excluding hydrogens is 297 g/mol. The van der Waals surface area contributed by atoms with E-state index in [1.807, 2.05) is 0 Å². The molecule has 4 atom stereocenters. The summed E-state index contributed by atoms with van der Waals surface area (Å²) in [5.41, 5.74) is 0.472. The predicted molar refractivity (Wildman–Crippen MR) is 76.8 cm³/mol. The van der Waals surface area contributed by atoms with Crippen molar-refractivity contribution in [3.63, 3.8) is 0 Å². The van der Waals surface area contributed by atoms with E-state index in [0.717, 1.165) is 19.3 Å². The summed E-state index contributed by atoms with van der Waals surface area (Å²) in [6.07, 6.45) is 3.19. The molecule has 5 heteroatoms. The van der Waals surface area contributed by atoms with Crippen LogP contribution in [0.15, 0.2) is 18.2 Å². The molecule has 3 nitrogen and oxygen atoms in total. The minimum Gasteiger partial charge on any atom is -0.274 e. The van der Waals surface area contributed by atoms with Gasteiger partial charge in [-0.2, -0.15) is 0 Å². The van der Waals surface area contributed by atoms with Gasteiger partial charge in [-0.1, -0.05) is 23.2 Å². The summed E-state index contributed by atoms with van der Waals surface area (Å²) in [5, 5.41) is 0.852. The van der Waals surface area contributed by atoms with Gasteiger partial charge in [-0.15, -0.1) is 0 Å². The standard InChI is InChI=1S/C15H13Cl2NO2/c16-9-3-4-11(10(17)6-9)18-14(19)12-7-1-2-8(5-7)13(12)15(18)20/h3-4,6-8,12-13H,1-2,5H2/t7-,8-,12-,13-/m0/s1. The highest BCUT2D eigenvalue weighted by molar-refractivity contribution is 6.38. The molecule has 2 aliphatic carbocycles. The molecule has 1 aromatic carbocycles. The van der Waals surface area contributed by atoms with Crippen molar-refractivity contribution < 1.29 is 9.59 Å². The van der Waals surface area contributed by atoms with Crippen LogP contribution in [0.3, 0.4) is 0 Å². The molecule has 0 spiro atoms. The van der Waals surface area contributed by atoms with Crippen LogP contribution in [0, 0.1) is 23.7 Å². The monoisotopic (exact) mass is 309 g/mol. The molecule has 2 amide bonds. The van der Waals surface area contributed by atoms with E-state index >= 15 is 0 Å². The van der Waals surface area contributed by atoms with Gasteiger partial charge in [0.05, 0.1) is 22.5 Å². The Hall–Kier alpha value is -1.06. The zero-order valence-corrected chi connectivity index (χ0v) is 12.2. The first-order chi connectivity index (χ1) is 9.58. The van der Waals surface area contributed by atoms with E-state index in [0.29, 0.717) is 27.6 Å². The molecule has 0 unspecified atom stereocenters. The van der Waals surface area contributed by atoms with E-state index in [1.165, 1.54) is 4.90 Å². The minimum atomic E-state index is -0.118. The Labute approximate surface area is 126 Å². The number of fused-ring (bicyclic) bond motifs is 5. The van der Waals surface area contributed by atoms with Crippen LogP contribution in [0.25, 0.3) is 0 Å². The zero-order chi connectivity index (χ0) is 14.0. The highest BCUT2D eigenvalue weighted by Crippen LogP contribution is 2.57. The van der Waals surface area contributed by atoms with E-state index in [-0.39, 0.29) is 23.7 Å². The van der Waals surface area contributed by atoms with Crippen LogP contribution >= 0.6 is 23.2 Å². The Morgan fingerprint density at radius 3 is 2.15 bits per heavy atom. The van der Waals surface area contributed by atoms with E-state index in [1.54, 1.807) is 18.2 Å². The number of carbonyl (C=O) groups is 2. The SMILES string of the molecule is O=C1[C@H]2[C@H]3CC[C@@H](C3)[C@@H]2C(=O)N1c1ccc(Cl)cc1Cl. The fourth-order valence-corrected chi connectivity index (χ4v) is 4.80. The maximum absolute atomic E-state index is 12.6. The zero-order valence-electron chi connectivity index (χ0n) is 10.7. The Morgan fingerprint density at radius 2 is 1.60 bits per heavy atom. The maximum Gasteiger partial charge on any atom is 0.238 e. The van der Waals surface area contributed by atoms with Crippen molar-refractivity contribution in [3.8, 4) is 0 Å². The molecule has 0 radical (unpaired) electrons. The van der Waals surface area contributed by atoms with Gasteiger partial charge in [-0.25, -0.2) is 4.90 Å². The van der Waals surface area contributed by atoms with Gasteiger partial charge in [0, 0.05) is 5.02 Å². The number of rotatable bonds is 1. The molecule has 3 aliphatic rings. The first kappa shape index (κ1) is 12.7. The fraction of sp³-hybridized carbons (Fsp3) is 0.467. The third-order valence-corrected chi connectivity index (χ3v) is 5.62. The normalized spacial score (nSPS) is 35.0. The van der Waals surface area contributed by atoms with E-state index in [9.17, 15) is 9.59 Å². The van der Waals surface area contributed by atoms with Crippen LogP contribution in [0.5, 0.6) is 0 Å². The highest BCUT2D eigenvalue weighted by atomic mass is 35.5. The van der Waals surface area contributed by atoms with Gasteiger partial charge < -0.3 is 0 Å². The lowest BCUT2D eigenvalue weighted by atomic mass is 9.81. The van der Waals surface area contributed by atoms with Crippen molar-refractivity contribution in [1.29, 1.82) is 0 Å². The molecule has 4 rings (SSSR count). The van der Waals surface area contributed by atoms with Crippen LogP contribution < -0.4 is 4.90 Å². The summed E-state index contributed by atoms with van der Waals surface area (Å²) in [6.45, 7) is 0. The van der Waals surface area contributed by atoms with Gasteiger partial charge in [0.1, 0.15) is 0 Å². The van der Waals surface area contributed by atoms with Gasteiger partial charge in [0.15, 0.2) is 0 Å². The Morgan fingerprint density at radius 1 is 1.00 bits per heavy atom. The summed E-state index contributed by atoms with van der Waals surface area (Å²) in [4.78, 5) is 26.6. The van der Waals surface area contributed by atoms with Crippen LogP contribution in [0.1, 0.15) is 19.3 Å². The third kappa shape index (κ3) is 1.54. The summed E-state index contributed by atoms with van der Waals surface area (Å²) in [6, 6.07) is 4.89. The number of amides is 2. The van der Waals surface area contributed by atoms with Crippen LogP contribution in [-0.2, 0) is 9.59 Å². The number of imide groups is 1. The van der Waals surface area contributed by atoms with Gasteiger partial charge in [0.2, 0.25) is 11.8 Å². The molecule has 0 N–H and O–H groups in total. The summed E-state index contributed by atoms with van der Waals surface area (Å²) < 4.78 is 0. The number of benzene rings is 1. The molecule has 0 aromatic heterocycles. The Bertz CT molecular complexity index is 602. The number of halogens is 2. The number of nitrogens with zero attached hydrogens (tertiary/aromatic N) is 1. The largest absolute Gasteiger partial charge is 0.274 e. The molecule has 1 aliphatic heterocycles. The first-order valence-electron chi connectivity index (χ1n) is 6.91. The average molecular weight is 310 g/mol. The summed E-state index contributed by atoms with van der Waals surface area (Å²) >= 11 is 12.0. The van der Waals surface area contributed by atoms with Crippen LogP contribution in [0.4, 0.5) is 5.69 Å². The minimum absolute atomic E-state index is 0.0728. The number of hydrogen-bond donors (Lipinski definition) is 0. The lowest BCUT2D eigenvalue weighted by molar-refractivity contribution is -0.123. The van der Waals surface area contributed by atoms with Crippen molar-refractivity contribution in [1.82, 2.24) is 0 Å². The molecule has 104 valence electrons. The Balaban J connectivity index is 1.77. The second-order valence-corrected chi connectivity index (χ2v) is 6.84. The molecule has 1 aromatic rings. The topological polar surface area (TPSA) is 37.4 Å². The fourth-order valence-electron chi connectivity index (χ4n) is 4.31. The number of anilines is 1. The van der Waals surface area contributed by atoms with Crippen LogP contribution in [0.2, 0.25) is 10.0 Å². The van der Waals surface area contributed by atoms with Crippen molar-refractivity contribution >= 4 is 40.7 Å². The molecule has 2 saturated carbocycles. The molecule has 1 saturated heterocycles. The second-order valence-electron chi connectivity index (χ2n) is 5.99.